The standard InChI is InChI=1S/C13H25NO/c1-14(10-12-6-5-7-12)11-13(15)8-3-2-4-9-13/h12,15H,2-11H2,1H3. The Morgan fingerprint density at radius 1 is 1.13 bits per heavy atom. The van der Waals surface area contributed by atoms with E-state index in [0.29, 0.717) is 0 Å². The molecule has 2 rings (SSSR count). The van der Waals surface area contributed by atoms with Crippen molar-refractivity contribution in [2.75, 3.05) is 20.1 Å². The van der Waals surface area contributed by atoms with Gasteiger partial charge in [-0.15, -0.1) is 0 Å². The van der Waals surface area contributed by atoms with Gasteiger partial charge in [-0.3, -0.25) is 0 Å². The molecule has 15 heavy (non-hydrogen) atoms. The maximum Gasteiger partial charge on any atom is 0.0774 e. The van der Waals surface area contributed by atoms with Gasteiger partial charge in [0.05, 0.1) is 5.60 Å². The molecule has 0 radical (unpaired) electrons. The van der Waals surface area contributed by atoms with Crippen molar-refractivity contribution in [1.82, 2.24) is 4.90 Å². The van der Waals surface area contributed by atoms with Crippen LogP contribution in [0.1, 0.15) is 51.4 Å². The van der Waals surface area contributed by atoms with Gasteiger partial charge in [0.1, 0.15) is 0 Å². The minimum atomic E-state index is -0.364. The quantitative estimate of drug-likeness (QED) is 0.772. The molecule has 2 heteroatoms. The van der Waals surface area contributed by atoms with Crippen molar-refractivity contribution in [1.29, 1.82) is 0 Å². The molecule has 2 fully saturated rings. The summed E-state index contributed by atoms with van der Waals surface area (Å²) in [6, 6.07) is 0. The number of hydrogen-bond donors (Lipinski definition) is 1. The first-order chi connectivity index (χ1) is 7.18. The van der Waals surface area contributed by atoms with E-state index < -0.39 is 0 Å². The first-order valence-electron chi connectivity index (χ1n) is 6.59. The second kappa shape index (κ2) is 4.84. The van der Waals surface area contributed by atoms with Gasteiger partial charge in [-0.05, 0) is 38.6 Å². The van der Waals surface area contributed by atoms with Crippen LogP contribution >= 0.6 is 0 Å². The molecular formula is C13H25NO. The van der Waals surface area contributed by atoms with E-state index in [9.17, 15) is 5.11 Å². The van der Waals surface area contributed by atoms with Gasteiger partial charge < -0.3 is 10.0 Å². The first-order valence-corrected chi connectivity index (χ1v) is 6.59. The summed E-state index contributed by atoms with van der Waals surface area (Å²) in [5.41, 5.74) is -0.364. The van der Waals surface area contributed by atoms with Gasteiger partial charge in [-0.25, -0.2) is 0 Å². The summed E-state index contributed by atoms with van der Waals surface area (Å²) in [5.74, 6) is 0.919. The Bertz CT molecular complexity index is 195. The molecule has 0 spiro atoms. The molecule has 0 unspecified atom stereocenters. The van der Waals surface area contributed by atoms with Crippen molar-refractivity contribution < 1.29 is 5.11 Å². The average molecular weight is 211 g/mol. The number of nitrogens with zero attached hydrogens (tertiary/aromatic N) is 1. The number of likely N-dealkylation sites (N-methyl/N-ethyl adjacent to an activating group) is 1. The van der Waals surface area contributed by atoms with Crippen LogP contribution in [0.4, 0.5) is 0 Å². The molecule has 1 N–H and O–H groups in total. The van der Waals surface area contributed by atoms with Crippen LogP contribution in [-0.2, 0) is 0 Å². The van der Waals surface area contributed by atoms with E-state index in [1.165, 1.54) is 45.1 Å². The second-order valence-electron chi connectivity index (χ2n) is 5.78. The van der Waals surface area contributed by atoms with E-state index in [4.69, 9.17) is 0 Å². The number of hydrogen-bond acceptors (Lipinski definition) is 2. The molecule has 0 aromatic rings. The monoisotopic (exact) mass is 211 g/mol. The van der Waals surface area contributed by atoms with Gasteiger partial charge in [0, 0.05) is 13.1 Å². The lowest BCUT2D eigenvalue weighted by Crippen LogP contribution is -2.44. The Labute approximate surface area is 93.7 Å². The lowest BCUT2D eigenvalue weighted by Gasteiger charge is -2.38. The van der Waals surface area contributed by atoms with Crippen molar-refractivity contribution in [2.24, 2.45) is 5.92 Å². The van der Waals surface area contributed by atoms with Crippen LogP contribution in [0.15, 0.2) is 0 Å². The third-order valence-corrected chi connectivity index (χ3v) is 4.14. The molecule has 0 aromatic carbocycles. The van der Waals surface area contributed by atoms with Crippen LogP contribution in [0.5, 0.6) is 0 Å². The van der Waals surface area contributed by atoms with Crippen molar-refractivity contribution in [3.8, 4) is 0 Å². The molecule has 2 aliphatic carbocycles. The van der Waals surface area contributed by atoms with Crippen LogP contribution in [0.3, 0.4) is 0 Å². The number of rotatable bonds is 4. The third kappa shape index (κ3) is 3.18. The van der Waals surface area contributed by atoms with Crippen LogP contribution in [0, 0.1) is 5.92 Å². The summed E-state index contributed by atoms with van der Waals surface area (Å²) in [6.45, 7) is 2.09. The van der Waals surface area contributed by atoms with E-state index in [2.05, 4.69) is 11.9 Å². The van der Waals surface area contributed by atoms with E-state index in [-0.39, 0.29) is 5.60 Å². The van der Waals surface area contributed by atoms with E-state index >= 15 is 0 Å². The van der Waals surface area contributed by atoms with Gasteiger partial charge in [-0.2, -0.15) is 0 Å². The van der Waals surface area contributed by atoms with Crippen LogP contribution in [0.25, 0.3) is 0 Å². The molecule has 0 aliphatic heterocycles. The molecule has 0 saturated heterocycles. The van der Waals surface area contributed by atoms with E-state index in [0.717, 1.165) is 25.3 Å². The highest BCUT2D eigenvalue weighted by Crippen LogP contribution is 2.30. The Kier molecular flexibility index (Phi) is 3.68. The predicted molar refractivity (Wildman–Crippen MR) is 62.9 cm³/mol. The smallest absolute Gasteiger partial charge is 0.0774 e. The van der Waals surface area contributed by atoms with E-state index in [1.54, 1.807) is 0 Å². The van der Waals surface area contributed by atoms with Gasteiger partial charge in [-0.1, -0.05) is 25.7 Å². The van der Waals surface area contributed by atoms with Gasteiger partial charge in [0.15, 0.2) is 0 Å². The number of aliphatic hydroxyl groups is 1. The molecular weight excluding hydrogens is 186 g/mol. The topological polar surface area (TPSA) is 23.5 Å². The summed E-state index contributed by atoms with van der Waals surface area (Å²) >= 11 is 0. The molecule has 0 atom stereocenters. The fourth-order valence-corrected chi connectivity index (χ4v) is 3.05. The summed E-state index contributed by atoms with van der Waals surface area (Å²) in [6.07, 6.45) is 10.0. The minimum Gasteiger partial charge on any atom is -0.389 e. The van der Waals surface area contributed by atoms with Crippen LogP contribution in [-0.4, -0.2) is 35.7 Å². The third-order valence-electron chi connectivity index (χ3n) is 4.14. The molecule has 0 bridgehead atoms. The van der Waals surface area contributed by atoms with Crippen molar-refractivity contribution >= 4 is 0 Å². The van der Waals surface area contributed by atoms with Crippen LogP contribution < -0.4 is 0 Å². The molecule has 88 valence electrons. The Morgan fingerprint density at radius 2 is 1.80 bits per heavy atom. The predicted octanol–water partition coefficient (Wildman–Crippen LogP) is 2.41. The van der Waals surface area contributed by atoms with Gasteiger partial charge in [0.2, 0.25) is 0 Å². The second-order valence-corrected chi connectivity index (χ2v) is 5.78. The zero-order chi connectivity index (χ0) is 10.7. The molecule has 0 heterocycles. The molecule has 2 saturated carbocycles. The SMILES string of the molecule is CN(CC1CCC1)CC1(O)CCCCC1. The summed E-state index contributed by atoms with van der Waals surface area (Å²) in [7, 11) is 2.17. The normalized spacial score (nSPS) is 26.6. The summed E-state index contributed by atoms with van der Waals surface area (Å²) < 4.78 is 0. The Balaban J connectivity index is 1.73. The summed E-state index contributed by atoms with van der Waals surface area (Å²) in [5, 5.41) is 10.4. The highest BCUT2D eigenvalue weighted by molar-refractivity contribution is 4.85. The van der Waals surface area contributed by atoms with Crippen molar-refractivity contribution in [3.05, 3.63) is 0 Å². The largest absolute Gasteiger partial charge is 0.389 e. The lowest BCUT2D eigenvalue weighted by molar-refractivity contribution is -0.0253. The Morgan fingerprint density at radius 3 is 2.33 bits per heavy atom. The average Bonchev–Trinajstić information content (AvgIpc) is 2.12. The first kappa shape index (κ1) is 11.4. The highest BCUT2D eigenvalue weighted by atomic mass is 16.3. The van der Waals surface area contributed by atoms with Gasteiger partial charge >= 0.3 is 0 Å². The Hall–Kier alpha value is -0.0800. The minimum absolute atomic E-state index is 0.364. The highest BCUT2D eigenvalue weighted by Gasteiger charge is 2.31. The molecule has 2 nitrogen and oxygen atoms in total. The maximum absolute atomic E-state index is 10.4. The molecule has 0 aromatic heterocycles. The van der Waals surface area contributed by atoms with Crippen molar-refractivity contribution in [2.45, 2.75) is 57.0 Å². The molecule has 2 aliphatic rings. The summed E-state index contributed by atoms with van der Waals surface area (Å²) in [4.78, 5) is 2.36. The molecule has 0 amide bonds. The lowest BCUT2D eigenvalue weighted by atomic mass is 9.83. The zero-order valence-corrected chi connectivity index (χ0v) is 10.0. The fourth-order valence-electron chi connectivity index (χ4n) is 3.05. The fraction of sp³-hybridized carbons (Fsp3) is 1.00. The zero-order valence-electron chi connectivity index (χ0n) is 10.0. The van der Waals surface area contributed by atoms with Crippen LogP contribution in [0.2, 0.25) is 0 Å². The van der Waals surface area contributed by atoms with Crippen molar-refractivity contribution in [3.63, 3.8) is 0 Å². The van der Waals surface area contributed by atoms with E-state index in [1.807, 2.05) is 0 Å². The maximum atomic E-state index is 10.4. The van der Waals surface area contributed by atoms with Gasteiger partial charge in [0.25, 0.3) is 0 Å².